The molecule has 2 atom stereocenters. The van der Waals surface area contributed by atoms with Gasteiger partial charge in [-0.05, 0) is 42.2 Å². The van der Waals surface area contributed by atoms with Gasteiger partial charge >= 0.3 is 0 Å². The Morgan fingerprint density at radius 3 is 2.28 bits per heavy atom. The Labute approximate surface area is 194 Å². The molecule has 32 heavy (non-hydrogen) atoms. The van der Waals surface area contributed by atoms with Crippen molar-refractivity contribution in [2.24, 2.45) is 11.3 Å². The van der Waals surface area contributed by atoms with Crippen LogP contribution in [-0.4, -0.2) is 46.1 Å². The Kier molecular flexibility index (Phi) is 6.86. The number of nitrogens with one attached hydrogen (secondary N) is 1. The van der Waals surface area contributed by atoms with E-state index in [0.29, 0.717) is 24.5 Å². The molecular formula is C25H31ClN2O4. The molecule has 172 valence electrons. The lowest BCUT2D eigenvalue weighted by atomic mass is 9.66. The lowest BCUT2D eigenvalue weighted by molar-refractivity contribution is -0.155. The molecule has 0 bridgehead atoms. The van der Waals surface area contributed by atoms with Crippen molar-refractivity contribution < 1.29 is 19.8 Å². The highest BCUT2D eigenvalue weighted by molar-refractivity contribution is 6.30. The fraction of sp³-hybridized carbons (Fsp3) is 0.440. The average Bonchev–Trinajstić information content (AvgIpc) is 2.73. The van der Waals surface area contributed by atoms with Crippen LogP contribution in [0.4, 0.5) is 0 Å². The van der Waals surface area contributed by atoms with Crippen molar-refractivity contribution in [3.63, 3.8) is 0 Å². The first kappa shape index (κ1) is 24.1. The number of carbonyl (C=O) groups excluding carboxylic acids is 2. The molecule has 2 aromatic rings. The van der Waals surface area contributed by atoms with E-state index >= 15 is 0 Å². The molecule has 2 amide bonds. The largest absolute Gasteiger partial charge is 0.507 e. The van der Waals surface area contributed by atoms with Crippen molar-refractivity contribution in [3.8, 4) is 5.75 Å². The van der Waals surface area contributed by atoms with E-state index in [-0.39, 0.29) is 23.1 Å². The number of benzene rings is 2. The van der Waals surface area contributed by atoms with Gasteiger partial charge in [0.1, 0.15) is 11.8 Å². The SMILES string of the molecule is CC(C)[C@@H](NC(=O)c1ccccc1O)C(=O)N1CC[C@](O)(c2ccc(Cl)cc2)C(C)(C)C1. The van der Waals surface area contributed by atoms with Gasteiger partial charge < -0.3 is 20.4 Å². The molecule has 0 radical (unpaired) electrons. The third-order valence-electron chi connectivity index (χ3n) is 6.45. The first-order valence-corrected chi connectivity index (χ1v) is 11.2. The summed E-state index contributed by atoms with van der Waals surface area (Å²) in [5.41, 5.74) is -0.840. The number of piperidine rings is 1. The van der Waals surface area contributed by atoms with Crippen LogP contribution >= 0.6 is 11.6 Å². The van der Waals surface area contributed by atoms with Gasteiger partial charge in [0.25, 0.3) is 5.91 Å². The summed E-state index contributed by atoms with van der Waals surface area (Å²) in [6.45, 7) is 8.30. The lowest BCUT2D eigenvalue weighted by Crippen LogP contribution is -2.60. The van der Waals surface area contributed by atoms with Gasteiger partial charge in [-0.2, -0.15) is 0 Å². The molecule has 3 rings (SSSR count). The number of aliphatic hydroxyl groups is 1. The lowest BCUT2D eigenvalue weighted by Gasteiger charge is -2.51. The van der Waals surface area contributed by atoms with Crippen LogP contribution in [-0.2, 0) is 10.4 Å². The summed E-state index contributed by atoms with van der Waals surface area (Å²) in [4.78, 5) is 27.8. The second kappa shape index (κ2) is 9.12. The number of phenols is 1. The number of rotatable bonds is 5. The van der Waals surface area contributed by atoms with Crippen LogP contribution < -0.4 is 5.32 Å². The molecule has 0 spiro atoms. The molecule has 0 unspecified atom stereocenters. The summed E-state index contributed by atoms with van der Waals surface area (Å²) >= 11 is 6.01. The number of phenolic OH excluding ortho intramolecular Hbond substituents is 1. The van der Waals surface area contributed by atoms with Gasteiger partial charge in [0.05, 0.1) is 11.2 Å². The minimum Gasteiger partial charge on any atom is -0.507 e. The van der Waals surface area contributed by atoms with E-state index in [1.54, 1.807) is 29.2 Å². The van der Waals surface area contributed by atoms with Gasteiger partial charge in [0, 0.05) is 23.5 Å². The third kappa shape index (κ3) is 4.62. The Hall–Kier alpha value is -2.57. The predicted molar refractivity (Wildman–Crippen MR) is 125 cm³/mol. The van der Waals surface area contributed by atoms with E-state index in [0.717, 1.165) is 5.56 Å². The van der Waals surface area contributed by atoms with Crippen molar-refractivity contribution >= 4 is 23.4 Å². The second-order valence-corrected chi connectivity index (χ2v) is 9.91. The van der Waals surface area contributed by atoms with Crippen molar-refractivity contribution in [1.29, 1.82) is 0 Å². The number of halogens is 1. The van der Waals surface area contributed by atoms with E-state index in [9.17, 15) is 19.8 Å². The zero-order valence-electron chi connectivity index (χ0n) is 18.9. The fourth-order valence-corrected chi connectivity index (χ4v) is 4.49. The van der Waals surface area contributed by atoms with E-state index < -0.39 is 23.0 Å². The Morgan fingerprint density at radius 2 is 1.72 bits per heavy atom. The minimum atomic E-state index is -1.11. The summed E-state index contributed by atoms with van der Waals surface area (Å²) in [7, 11) is 0. The number of nitrogens with zero attached hydrogens (tertiary/aromatic N) is 1. The van der Waals surface area contributed by atoms with Crippen LogP contribution in [0.3, 0.4) is 0 Å². The van der Waals surface area contributed by atoms with E-state index in [4.69, 9.17) is 11.6 Å². The minimum absolute atomic E-state index is 0.127. The molecule has 0 saturated carbocycles. The van der Waals surface area contributed by atoms with Crippen molar-refractivity contribution in [2.45, 2.75) is 45.8 Å². The highest BCUT2D eigenvalue weighted by atomic mass is 35.5. The molecule has 1 saturated heterocycles. The molecule has 2 aromatic carbocycles. The number of amides is 2. The number of hydrogen-bond donors (Lipinski definition) is 3. The van der Waals surface area contributed by atoms with E-state index in [2.05, 4.69) is 5.32 Å². The zero-order chi connectivity index (χ0) is 23.7. The molecule has 1 fully saturated rings. The van der Waals surface area contributed by atoms with Crippen molar-refractivity contribution in [3.05, 3.63) is 64.7 Å². The first-order chi connectivity index (χ1) is 15.0. The van der Waals surface area contributed by atoms with Crippen LogP contribution in [0.2, 0.25) is 5.02 Å². The van der Waals surface area contributed by atoms with Gasteiger partial charge in [-0.1, -0.05) is 63.6 Å². The number of carbonyl (C=O) groups is 2. The number of aromatic hydroxyl groups is 1. The van der Waals surface area contributed by atoms with Gasteiger partial charge in [0.15, 0.2) is 0 Å². The summed E-state index contributed by atoms with van der Waals surface area (Å²) < 4.78 is 0. The van der Waals surface area contributed by atoms with Gasteiger partial charge in [-0.3, -0.25) is 9.59 Å². The van der Waals surface area contributed by atoms with E-state index in [1.807, 2.05) is 39.8 Å². The maximum absolute atomic E-state index is 13.4. The number of para-hydroxylation sites is 1. The summed E-state index contributed by atoms with van der Waals surface area (Å²) in [5.74, 6) is -0.983. The fourth-order valence-electron chi connectivity index (χ4n) is 4.37. The normalized spacial score (nSPS) is 21.3. The van der Waals surface area contributed by atoms with Crippen molar-refractivity contribution in [2.75, 3.05) is 13.1 Å². The van der Waals surface area contributed by atoms with Crippen LogP contribution in [0.25, 0.3) is 0 Å². The smallest absolute Gasteiger partial charge is 0.255 e. The molecule has 1 aliphatic heterocycles. The molecule has 3 N–H and O–H groups in total. The summed E-state index contributed by atoms with van der Waals surface area (Å²) in [6, 6.07) is 12.7. The standard InChI is InChI=1S/C25H31ClN2O4/c1-16(2)21(27-22(30)19-7-5-6-8-20(19)29)23(31)28-14-13-25(32,24(3,4)15-28)17-9-11-18(26)12-10-17/h5-12,16,21,29,32H,13-15H2,1-4H3,(H,27,30)/t21-,25+/m1/s1. The second-order valence-electron chi connectivity index (χ2n) is 9.47. The van der Waals surface area contributed by atoms with Crippen molar-refractivity contribution in [1.82, 2.24) is 10.2 Å². The monoisotopic (exact) mass is 458 g/mol. The molecule has 1 heterocycles. The van der Waals surface area contributed by atoms with Crippen LogP contribution in [0, 0.1) is 11.3 Å². The summed E-state index contributed by atoms with van der Waals surface area (Å²) in [5, 5.41) is 24.9. The summed E-state index contributed by atoms with van der Waals surface area (Å²) in [6.07, 6.45) is 0.367. The Bertz CT molecular complexity index is 990. The quantitative estimate of drug-likeness (QED) is 0.632. The van der Waals surface area contributed by atoms with Gasteiger partial charge in [-0.15, -0.1) is 0 Å². The molecule has 6 nitrogen and oxygen atoms in total. The zero-order valence-corrected chi connectivity index (χ0v) is 19.7. The topological polar surface area (TPSA) is 89.9 Å². The van der Waals surface area contributed by atoms with Gasteiger partial charge in [0.2, 0.25) is 5.91 Å². The molecule has 0 aliphatic carbocycles. The average molecular weight is 459 g/mol. The third-order valence-corrected chi connectivity index (χ3v) is 6.70. The highest BCUT2D eigenvalue weighted by Crippen LogP contribution is 2.46. The van der Waals surface area contributed by atoms with Gasteiger partial charge in [-0.25, -0.2) is 0 Å². The molecule has 0 aromatic heterocycles. The molecular weight excluding hydrogens is 428 g/mol. The maximum Gasteiger partial charge on any atom is 0.255 e. The Balaban J connectivity index is 1.78. The van der Waals surface area contributed by atoms with Crippen LogP contribution in [0.5, 0.6) is 5.75 Å². The highest BCUT2D eigenvalue weighted by Gasteiger charge is 2.50. The number of hydrogen-bond acceptors (Lipinski definition) is 4. The first-order valence-electron chi connectivity index (χ1n) is 10.8. The maximum atomic E-state index is 13.4. The molecule has 7 heteroatoms. The van der Waals surface area contributed by atoms with Crippen LogP contribution in [0.1, 0.15) is 50.0 Å². The Morgan fingerprint density at radius 1 is 1.09 bits per heavy atom. The predicted octanol–water partition coefficient (Wildman–Crippen LogP) is 3.95. The number of likely N-dealkylation sites (tertiary alicyclic amines) is 1. The van der Waals surface area contributed by atoms with Crippen LogP contribution in [0.15, 0.2) is 48.5 Å². The van der Waals surface area contributed by atoms with E-state index in [1.165, 1.54) is 12.1 Å². The molecule has 1 aliphatic rings.